The van der Waals surface area contributed by atoms with Crippen LogP contribution in [0.5, 0.6) is 0 Å². The van der Waals surface area contributed by atoms with Crippen molar-refractivity contribution >= 4 is 17.1 Å². The molecule has 0 atom stereocenters. The molecule has 0 aliphatic heterocycles. The Kier molecular flexibility index (Phi) is 5.43. The van der Waals surface area contributed by atoms with E-state index in [9.17, 15) is 5.21 Å². The Bertz CT molecular complexity index is 547. The van der Waals surface area contributed by atoms with Crippen LogP contribution in [0.1, 0.15) is 32.1 Å². The van der Waals surface area contributed by atoms with Crippen molar-refractivity contribution in [2.75, 3.05) is 18.4 Å². The van der Waals surface area contributed by atoms with Crippen LogP contribution in [0.2, 0.25) is 0 Å². The Morgan fingerprint density at radius 3 is 2.85 bits per heavy atom. The van der Waals surface area contributed by atoms with E-state index in [1.54, 1.807) is 18.3 Å². The van der Waals surface area contributed by atoms with Gasteiger partial charge in [-0.1, -0.05) is 19.3 Å². The van der Waals surface area contributed by atoms with Crippen molar-refractivity contribution in [2.45, 2.75) is 32.1 Å². The number of fused-ring (bicyclic) bond motifs is 1. The molecule has 0 aliphatic rings. The molecular formula is C13H20N6O. The summed E-state index contributed by atoms with van der Waals surface area (Å²) in [5.74, 6) is 0.327. The highest BCUT2D eigenvalue weighted by Crippen LogP contribution is 2.06. The average molecular weight is 276 g/mol. The van der Waals surface area contributed by atoms with Gasteiger partial charge in [0, 0.05) is 18.8 Å². The molecule has 0 unspecified atom stereocenters. The van der Waals surface area contributed by atoms with Gasteiger partial charge < -0.3 is 16.3 Å². The second-order valence-electron chi connectivity index (χ2n) is 4.64. The summed E-state index contributed by atoms with van der Waals surface area (Å²) < 4.78 is 0. The Hall–Kier alpha value is -2.02. The zero-order valence-electron chi connectivity index (χ0n) is 11.5. The van der Waals surface area contributed by atoms with Crippen LogP contribution in [0.4, 0.5) is 5.95 Å². The van der Waals surface area contributed by atoms with E-state index in [1.807, 2.05) is 0 Å². The molecule has 0 fully saturated rings. The van der Waals surface area contributed by atoms with Gasteiger partial charge in [-0.15, -0.1) is 0 Å². The van der Waals surface area contributed by atoms with E-state index in [2.05, 4.69) is 20.4 Å². The highest BCUT2D eigenvalue weighted by Gasteiger charge is 2.10. The smallest absolute Gasteiger partial charge is 0.292 e. The number of rotatable bonds is 8. The van der Waals surface area contributed by atoms with Gasteiger partial charge in [0.15, 0.2) is 0 Å². The number of nitrogens with zero attached hydrogens (tertiary/aromatic N) is 4. The molecule has 0 aliphatic carbocycles. The molecule has 7 heteroatoms. The Balaban J connectivity index is 1.81. The summed E-state index contributed by atoms with van der Waals surface area (Å²) in [4.78, 5) is 8.82. The van der Waals surface area contributed by atoms with Crippen LogP contribution in [-0.2, 0) is 0 Å². The second kappa shape index (κ2) is 7.54. The van der Waals surface area contributed by atoms with E-state index in [-0.39, 0.29) is 0 Å². The number of pyridine rings is 1. The fourth-order valence-corrected chi connectivity index (χ4v) is 1.96. The van der Waals surface area contributed by atoms with Gasteiger partial charge in [0.25, 0.3) is 11.5 Å². The first-order valence-corrected chi connectivity index (χ1v) is 6.98. The summed E-state index contributed by atoms with van der Waals surface area (Å²) in [5, 5.41) is 18.6. The first kappa shape index (κ1) is 14.4. The third-order valence-corrected chi connectivity index (χ3v) is 3.03. The third kappa shape index (κ3) is 3.99. The SMILES string of the molecule is NCCCCCCCNc1nc2ncccc2[n+]([O-])n1. The van der Waals surface area contributed by atoms with Crippen LogP contribution < -0.4 is 15.9 Å². The molecule has 0 amide bonds. The first-order valence-electron chi connectivity index (χ1n) is 6.98. The Morgan fingerprint density at radius 1 is 1.20 bits per heavy atom. The first-order chi connectivity index (χ1) is 9.81. The predicted molar refractivity (Wildman–Crippen MR) is 76.9 cm³/mol. The molecule has 2 rings (SSSR count). The molecule has 108 valence electrons. The fraction of sp³-hybridized carbons (Fsp3) is 0.538. The van der Waals surface area contributed by atoms with Crippen LogP contribution in [0.3, 0.4) is 0 Å². The van der Waals surface area contributed by atoms with Crippen molar-refractivity contribution in [3.05, 3.63) is 23.5 Å². The number of unbranched alkanes of at least 4 members (excludes halogenated alkanes) is 4. The van der Waals surface area contributed by atoms with Crippen molar-refractivity contribution in [2.24, 2.45) is 5.73 Å². The van der Waals surface area contributed by atoms with Crippen molar-refractivity contribution in [1.29, 1.82) is 0 Å². The normalized spacial score (nSPS) is 10.8. The fourth-order valence-electron chi connectivity index (χ4n) is 1.96. The molecular weight excluding hydrogens is 256 g/mol. The number of nitrogens with one attached hydrogen (secondary N) is 1. The van der Waals surface area contributed by atoms with E-state index >= 15 is 0 Å². The van der Waals surface area contributed by atoms with Gasteiger partial charge >= 0.3 is 0 Å². The molecule has 0 radical (unpaired) electrons. The number of aromatic nitrogens is 4. The summed E-state index contributed by atoms with van der Waals surface area (Å²) in [7, 11) is 0. The standard InChI is InChI=1S/C13H20N6O/c14-8-4-2-1-3-5-9-16-13-17-12-11(19(20)18-13)7-6-10-15-12/h6-7,10H,1-5,8-9,14H2,(H,15,16,17,18). The quantitative estimate of drug-likeness (QED) is 0.423. The van der Waals surface area contributed by atoms with Crippen molar-refractivity contribution < 1.29 is 4.85 Å². The Morgan fingerprint density at radius 2 is 2.00 bits per heavy atom. The minimum absolute atomic E-state index is 0.327. The van der Waals surface area contributed by atoms with Gasteiger partial charge in [-0.2, -0.15) is 4.98 Å². The zero-order chi connectivity index (χ0) is 14.2. The van der Waals surface area contributed by atoms with E-state index in [0.717, 1.165) is 32.4 Å². The summed E-state index contributed by atoms with van der Waals surface area (Å²) in [6.45, 7) is 1.51. The van der Waals surface area contributed by atoms with E-state index in [0.29, 0.717) is 22.0 Å². The predicted octanol–water partition coefficient (Wildman–Crippen LogP) is 0.979. The van der Waals surface area contributed by atoms with Gasteiger partial charge in [0.1, 0.15) is 0 Å². The van der Waals surface area contributed by atoms with Gasteiger partial charge in [-0.25, -0.2) is 4.98 Å². The third-order valence-electron chi connectivity index (χ3n) is 3.03. The molecule has 2 heterocycles. The highest BCUT2D eigenvalue weighted by atomic mass is 16.5. The average Bonchev–Trinajstić information content (AvgIpc) is 2.46. The lowest BCUT2D eigenvalue weighted by atomic mass is 10.1. The molecule has 0 spiro atoms. The molecule has 0 aromatic carbocycles. The minimum Gasteiger partial charge on any atom is -0.594 e. The number of nitrogens with two attached hydrogens (primary N) is 1. The Labute approximate surface area is 117 Å². The summed E-state index contributed by atoms with van der Waals surface area (Å²) in [6.07, 6.45) is 7.21. The summed E-state index contributed by atoms with van der Waals surface area (Å²) in [6, 6.07) is 3.34. The van der Waals surface area contributed by atoms with Gasteiger partial charge in [0.2, 0.25) is 5.65 Å². The largest absolute Gasteiger partial charge is 0.594 e. The van der Waals surface area contributed by atoms with Crippen LogP contribution >= 0.6 is 0 Å². The minimum atomic E-state index is 0.327. The molecule has 2 aromatic heterocycles. The van der Waals surface area contributed by atoms with Gasteiger partial charge in [-0.3, -0.25) is 0 Å². The van der Waals surface area contributed by atoms with E-state index in [4.69, 9.17) is 5.73 Å². The van der Waals surface area contributed by atoms with E-state index in [1.165, 1.54) is 12.8 Å². The van der Waals surface area contributed by atoms with Crippen molar-refractivity contribution in [3.63, 3.8) is 0 Å². The summed E-state index contributed by atoms with van der Waals surface area (Å²) >= 11 is 0. The van der Waals surface area contributed by atoms with Crippen molar-refractivity contribution in [3.8, 4) is 0 Å². The number of hydrogen-bond donors (Lipinski definition) is 2. The topological polar surface area (TPSA) is 104 Å². The van der Waals surface area contributed by atoms with Gasteiger partial charge in [0.05, 0.1) is 5.10 Å². The maximum Gasteiger partial charge on any atom is 0.292 e. The number of hydrogen-bond acceptors (Lipinski definition) is 6. The molecule has 20 heavy (non-hydrogen) atoms. The molecule has 0 saturated heterocycles. The maximum atomic E-state index is 11.7. The highest BCUT2D eigenvalue weighted by molar-refractivity contribution is 5.65. The lowest BCUT2D eigenvalue weighted by Gasteiger charge is -2.04. The van der Waals surface area contributed by atoms with Crippen LogP contribution in [0.15, 0.2) is 18.3 Å². The molecule has 7 nitrogen and oxygen atoms in total. The molecule has 3 N–H and O–H groups in total. The monoisotopic (exact) mass is 276 g/mol. The van der Waals surface area contributed by atoms with E-state index < -0.39 is 0 Å². The molecule has 0 saturated carbocycles. The van der Waals surface area contributed by atoms with Crippen LogP contribution in [0.25, 0.3) is 11.2 Å². The lowest BCUT2D eigenvalue weighted by Crippen LogP contribution is -2.33. The van der Waals surface area contributed by atoms with Crippen LogP contribution in [0, 0.1) is 5.21 Å². The van der Waals surface area contributed by atoms with Crippen molar-refractivity contribution in [1.82, 2.24) is 15.1 Å². The van der Waals surface area contributed by atoms with Gasteiger partial charge in [-0.05, 0) is 30.3 Å². The second-order valence-corrected chi connectivity index (χ2v) is 4.64. The number of anilines is 1. The molecule has 2 aromatic rings. The summed E-state index contributed by atoms with van der Waals surface area (Å²) in [5.41, 5.74) is 6.22. The van der Waals surface area contributed by atoms with Crippen LogP contribution in [-0.4, -0.2) is 28.2 Å². The molecule has 0 bridgehead atoms. The zero-order valence-corrected chi connectivity index (χ0v) is 11.5. The lowest BCUT2D eigenvalue weighted by molar-refractivity contribution is -0.641. The maximum absolute atomic E-state index is 11.7.